The molecule has 27 heavy (non-hydrogen) atoms. The lowest BCUT2D eigenvalue weighted by molar-refractivity contribution is -0.130. The van der Waals surface area contributed by atoms with Crippen molar-refractivity contribution in [3.05, 3.63) is 59.2 Å². The molecule has 0 N–H and O–H groups in total. The minimum atomic E-state index is -0.0524. The lowest BCUT2D eigenvalue weighted by atomic mass is 10.0. The molecule has 0 aromatic heterocycles. The van der Waals surface area contributed by atoms with Crippen molar-refractivity contribution >= 4 is 11.7 Å². The molecule has 0 fully saturated rings. The number of fused-ring (bicyclic) bond motifs is 1. The molecule has 142 valence electrons. The molecular weight excluding hydrogens is 342 g/mol. The van der Waals surface area contributed by atoms with Crippen LogP contribution in [0.25, 0.3) is 0 Å². The van der Waals surface area contributed by atoms with E-state index in [0.29, 0.717) is 31.1 Å². The van der Waals surface area contributed by atoms with Crippen LogP contribution >= 0.6 is 0 Å². The first-order chi connectivity index (χ1) is 13.1. The van der Waals surface area contributed by atoms with E-state index in [4.69, 9.17) is 9.47 Å². The molecular formula is C22H25NO4. The second kappa shape index (κ2) is 8.71. The van der Waals surface area contributed by atoms with Crippen LogP contribution in [0, 0.1) is 0 Å². The Morgan fingerprint density at radius 2 is 1.59 bits per heavy atom. The molecule has 0 bridgehead atoms. The van der Waals surface area contributed by atoms with Crippen LogP contribution in [0.4, 0.5) is 0 Å². The summed E-state index contributed by atoms with van der Waals surface area (Å²) in [5.41, 5.74) is 2.83. The van der Waals surface area contributed by atoms with E-state index in [9.17, 15) is 9.59 Å². The maximum Gasteiger partial charge on any atom is 0.223 e. The van der Waals surface area contributed by atoms with Gasteiger partial charge in [-0.15, -0.1) is 0 Å². The van der Waals surface area contributed by atoms with E-state index in [-0.39, 0.29) is 24.5 Å². The maximum absolute atomic E-state index is 12.4. The van der Waals surface area contributed by atoms with Crippen LogP contribution < -0.4 is 9.47 Å². The van der Waals surface area contributed by atoms with Crippen LogP contribution in [0.5, 0.6) is 11.5 Å². The number of aryl methyl sites for hydroxylation is 1. The number of hydrogen-bond acceptors (Lipinski definition) is 4. The Balaban J connectivity index is 1.52. The third kappa shape index (κ3) is 4.88. The quantitative estimate of drug-likeness (QED) is 0.701. The van der Waals surface area contributed by atoms with Gasteiger partial charge in [0.2, 0.25) is 5.91 Å². The minimum Gasteiger partial charge on any atom is -0.486 e. The number of carbonyl (C=O) groups excluding carboxylic acids is 2. The predicted octanol–water partition coefficient (Wildman–Crippen LogP) is 3.64. The number of nitrogens with zero attached hydrogens (tertiary/aromatic N) is 1. The zero-order chi connectivity index (χ0) is 19.2. The predicted molar refractivity (Wildman–Crippen MR) is 103 cm³/mol. The van der Waals surface area contributed by atoms with Gasteiger partial charge in [0.05, 0.1) is 0 Å². The molecule has 1 heterocycles. The lowest BCUT2D eigenvalue weighted by Crippen LogP contribution is -2.26. The van der Waals surface area contributed by atoms with Crippen LogP contribution in [0.3, 0.4) is 0 Å². The number of benzene rings is 2. The fraction of sp³-hybridized carbons (Fsp3) is 0.364. The number of amides is 1. The summed E-state index contributed by atoms with van der Waals surface area (Å²) in [7, 11) is 1.75. The van der Waals surface area contributed by atoms with Crippen molar-refractivity contribution in [1.82, 2.24) is 4.90 Å². The van der Waals surface area contributed by atoms with E-state index >= 15 is 0 Å². The van der Waals surface area contributed by atoms with Gasteiger partial charge in [-0.05, 0) is 29.7 Å². The first kappa shape index (κ1) is 19.0. The molecule has 0 aliphatic carbocycles. The van der Waals surface area contributed by atoms with Crippen molar-refractivity contribution in [2.24, 2.45) is 0 Å². The van der Waals surface area contributed by atoms with E-state index in [1.165, 1.54) is 5.56 Å². The standard InChI is InChI=1S/C22H25NO4/c1-3-16-4-7-18(8-5-16)19(24)9-11-22(25)23(2)15-17-6-10-20-21(14-17)27-13-12-26-20/h4-8,10,14H,3,9,11-13,15H2,1-2H3. The molecule has 2 aromatic rings. The summed E-state index contributed by atoms with van der Waals surface area (Å²) >= 11 is 0. The van der Waals surface area contributed by atoms with Crippen molar-refractivity contribution in [3.63, 3.8) is 0 Å². The zero-order valence-corrected chi connectivity index (χ0v) is 15.9. The number of ketones is 1. The van der Waals surface area contributed by atoms with Crippen LogP contribution in [-0.2, 0) is 17.8 Å². The lowest BCUT2D eigenvalue weighted by Gasteiger charge is -2.21. The monoisotopic (exact) mass is 367 g/mol. The third-order valence-electron chi connectivity index (χ3n) is 4.70. The molecule has 5 nitrogen and oxygen atoms in total. The number of ether oxygens (including phenoxy) is 2. The summed E-state index contributed by atoms with van der Waals surface area (Å²) in [6, 6.07) is 13.3. The molecule has 0 radical (unpaired) electrons. The van der Waals surface area contributed by atoms with E-state index < -0.39 is 0 Å². The second-order valence-electron chi connectivity index (χ2n) is 6.70. The van der Waals surface area contributed by atoms with Gasteiger partial charge in [0.1, 0.15) is 13.2 Å². The Morgan fingerprint density at radius 3 is 2.30 bits per heavy atom. The van der Waals surface area contributed by atoms with Crippen LogP contribution in [0.2, 0.25) is 0 Å². The van der Waals surface area contributed by atoms with Gasteiger partial charge in [-0.2, -0.15) is 0 Å². The molecule has 5 heteroatoms. The zero-order valence-electron chi connectivity index (χ0n) is 15.9. The van der Waals surface area contributed by atoms with Gasteiger partial charge in [0.25, 0.3) is 0 Å². The van der Waals surface area contributed by atoms with Crippen LogP contribution in [0.15, 0.2) is 42.5 Å². The minimum absolute atomic E-state index is 0.00117. The number of rotatable bonds is 7. The normalized spacial score (nSPS) is 12.5. The highest BCUT2D eigenvalue weighted by molar-refractivity contribution is 5.97. The van der Waals surface area contributed by atoms with Gasteiger partial charge in [0, 0.05) is 32.0 Å². The van der Waals surface area contributed by atoms with Crippen LogP contribution in [-0.4, -0.2) is 36.9 Å². The van der Waals surface area contributed by atoms with E-state index in [2.05, 4.69) is 6.92 Å². The number of hydrogen-bond donors (Lipinski definition) is 0. The first-order valence-corrected chi connectivity index (χ1v) is 9.31. The molecule has 1 aliphatic rings. The van der Waals surface area contributed by atoms with Crippen molar-refractivity contribution < 1.29 is 19.1 Å². The summed E-state index contributed by atoms with van der Waals surface area (Å²) in [6.45, 7) is 3.63. The SMILES string of the molecule is CCc1ccc(C(=O)CCC(=O)N(C)Cc2ccc3c(c2)OCCO3)cc1. The topological polar surface area (TPSA) is 55.8 Å². The molecule has 3 rings (SSSR count). The van der Waals surface area contributed by atoms with Gasteiger partial charge in [-0.3, -0.25) is 9.59 Å². The smallest absolute Gasteiger partial charge is 0.223 e. The number of Topliss-reactive ketones (excluding diaryl/α,β-unsaturated/α-hetero) is 1. The van der Waals surface area contributed by atoms with E-state index in [0.717, 1.165) is 17.7 Å². The molecule has 0 saturated carbocycles. The summed E-state index contributed by atoms with van der Waals surface area (Å²) in [6.07, 6.45) is 1.36. The number of carbonyl (C=O) groups is 2. The highest BCUT2D eigenvalue weighted by Crippen LogP contribution is 2.31. The fourth-order valence-electron chi connectivity index (χ4n) is 3.03. The van der Waals surface area contributed by atoms with Gasteiger partial charge in [0.15, 0.2) is 17.3 Å². The molecule has 0 spiro atoms. The largest absolute Gasteiger partial charge is 0.486 e. The van der Waals surface area contributed by atoms with Crippen molar-refractivity contribution in [1.29, 1.82) is 0 Å². The molecule has 0 unspecified atom stereocenters. The first-order valence-electron chi connectivity index (χ1n) is 9.31. The molecule has 1 amide bonds. The Bertz CT molecular complexity index is 814. The summed E-state index contributed by atoms with van der Waals surface area (Å²) in [5, 5.41) is 0. The summed E-state index contributed by atoms with van der Waals surface area (Å²) in [5.74, 6) is 1.39. The van der Waals surface area contributed by atoms with Crippen molar-refractivity contribution in [3.8, 4) is 11.5 Å². The maximum atomic E-state index is 12.4. The third-order valence-corrected chi connectivity index (χ3v) is 4.70. The van der Waals surface area contributed by atoms with Gasteiger partial charge >= 0.3 is 0 Å². The van der Waals surface area contributed by atoms with Gasteiger partial charge in [-0.25, -0.2) is 0 Å². The van der Waals surface area contributed by atoms with Gasteiger partial charge in [-0.1, -0.05) is 37.3 Å². The second-order valence-corrected chi connectivity index (χ2v) is 6.70. The average Bonchev–Trinajstić information content (AvgIpc) is 2.71. The van der Waals surface area contributed by atoms with Crippen LogP contribution in [0.1, 0.15) is 41.3 Å². The average molecular weight is 367 g/mol. The van der Waals surface area contributed by atoms with Crippen molar-refractivity contribution in [2.75, 3.05) is 20.3 Å². The summed E-state index contributed by atoms with van der Waals surface area (Å²) in [4.78, 5) is 26.3. The van der Waals surface area contributed by atoms with Crippen molar-refractivity contribution in [2.45, 2.75) is 32.7 Å². The van der Waals surface area contributed by atoms with E-state index in [1.807, 2.05) is 42.5 Å². The molecule has 0 saturated heterocycles. The van der Waals surface area contributed by atoms with E-state index in [1.54, 1.807) is 11.9 Å². The Morgan fingerprint density at radius 1 is 0.926 bits per heavy atom. The Kier molecular flexibility index (Phi) is 6.12. The Hall–Kier alpha value is -2.82. The molecule has 2 aromatic carbocycles. The fourth-order valence-corrected chi connectivity index (χ4v) is 3.03. The highest BCUT2D eigenvalue weighted by Gasteiger charge is 2.16. The van der Waals surface area contributed by atoms with Gasteiger partial charge < -0.3 is 14.4 Å². The summed E-state index contributed by atoms with van der Waals surface area (Å²) < 4.78 is 11.1. The molecule has 0 atom stereocenters. The highest BCUT2D eigenvalue weighted by atomic mass is 16.6. The molecule has 1 aliphatic heterocycles. The Labute approximate surface area is 159 Å².